The van der Waals surface area contributed by atoms with Gasteiger partial charge >= 0.3 is 29.5 Å². The summed E-state index contributed by atoms with van der Waals surface area (Å²) in [5, 5.41) is 0.447. The summed E-state index contributed by atoms with van der Waals surface area (Å²) >= 11 is 0. The molecule has 7 rings (SSSR count). The van der Waals surface area contributed by atoms with Crippen LogP contribution in [0, 0.1) is 35.5 Å². The number of ether oxygens (including phenoxy) is 6. The Kier molecular flexibility index (Phi) is 6.53. The van der Waals surface area contributed by atoms with Crippen molar-refractivity contribution in [1.82, 2.24) is 0 Å². The normalized spacial score (nSPS) is 35.7. The molecule has 1 aromatic carbocycles. The van der Waals surface area contributed by atoms with E-state index >= 15 is 0 Å². The van der Waals surface area contributed by atoms with E-state index in [9.17, 15) is 24.0 Å². The van der Waals surface area contributed by atoms with Gasteiger partial charge in [0.15, 0.2) is 17.8 Å². The molecule has 0 radical (unpaired) electrons. The molecule has 4 bridgehead atoms. The number of carbonyl (C=O) groups excluding carboxylic acids is 4. The topological polar surface area (TPSA) is 154 Å². The lowest BCUT2D eigenvalue weighted by atomic mass is 9.66. The predicted molar refractivity (Wildman–Crippen MR) is 172 cm³/mol. The standard InChI is InChI=1S/C37H44O12/c1-17-18(2)26(38)44-23-21(17)19(43-11)16-20-22(23)24(45-29(41)36-14-12-34(9,27(39)48-36)32(36,5)6)25(31(3,4)47-20)46-30(42)37-15-13-35(10,28(40)49-37)33(37,7)8/h16,24-25H,12-15H2,1-11H3/t24-,25-,34?,35?,36?,37?/m1/s1. The Morgan fingerprint density at radius 1 is 0.735 bits per heavy atom. The second-order valence-electron chi connectivity index (χ2n) is 16.5. The molecule has 0 N–H and O–H groups in total. The highest BCUT2D eigenvalue weighted by Crippen LogP contribution is 2.68. The molecule has 2 saturated heterocycles. The summed E-state index contributed by atoms with van der Waals surface area (Å²) < 4.78 is 42.6. The molecule has 5 aliphatic rings. The Hall–Kier alpha value is -4.09. The molecular formula is C37H44O12. The van der Waals surface area contributed by atoms with E-state index in [1.165, 1.54) is 7.11 Å². The first kappa shape index (κ1) is 33.4. The number of carbonyl (C=O) groups is 4. The van der Waals surface area contributed by atoms with Crippen molar-refractivity contribution in [2.45, 2.75) is 124 Å². The van der Waals surface area contributed by atoms with E-state index < -0.39 is 80.2 Å². The largest absolute Gasteiger partial charge is 0.496 e. The van der Waals surface area contributed by atoms with Crippen molar-refractivity contribution in [3.63, 3.8) is 0 Å². The van der Waals surface area contributed by atoms with Gasteiger partial charge in [0, 0.05) is 22.5 Å². The van der Waals surface area contributed by atoms with Crippen LogP contribution in [0.3, 0.4) is 0 Å². The molecule has 4 heterocycles. The lowest BCUT2D eigenvalue weighted by Gasteiger charge is -2.46. The minimum atomic E-state index is -1.62. The third-order valence-corrected chi connectivity index (χ3v) is 13.8. The molecule has 12 nitrogen and oxygen atoms in total. The number of benzene rings is 1. The van der Waals surface area contributed by atoms with Crippen molar-refractivity contribution in [2.24, 2.45) is 21.7 Å². The zero-order chi connectivity index (χ0) is 36.1. The third-order valence-electron chi connectivity index (χ3n) is 13.8. The average molecular weight is 681 g/mol. The van der Waals surface area contributed by atoms with Crippen LogP contribution in [0.1, 0.15) is 104 Å². The number of aryl methyl sites for hydroxylation is 1. The summed E-state index contributed by atoms with van der Waals surface area (Å²) in [5.41, 5.74) is -7.77. The van der Waals surface area contributed by atoms with Gasteiger partial charge in [-0.25, -0.2) is 14.4 Å². The Labute approximate surface area is 284 Å². The van der Waals surface area contributed by atoms with Crippen LogP contribution < -0.4 is 15.1 Å². The highest BCUT2D eigenvalue weighted by molar-refractivity contribution is 5.96. The first-order valence-corrected chi connectivity index (χ1v) is 16.8. The van der Waals surface area contributed by atoms with Gasteiger partial charge in [-0.1, -0.05) is 27.7 Å². The maximum Gasteiger partial charge on any atom is 0.351 e. The highest BCUT2D eigenvalue weighted by atomic mass is 16.7. The minimum Gasteiger partial charge on any atom is -0.496 e. The summed E-state index contributed by atoms with van der Waals surface area (Å²) in [6.45, 7) is 17.6. The molecule has 2 aliphatic carbocycles. The third kappa shape index (κ3) is 3.67. The maximum absolute atomic E-state index is 14.6. The van der Waals surface area contributed by atoms with E-state index in [2.05, 4.69) is 0 Å². The fraction of sp³-hybridized carbons (Fsp3) is 0.649. The molecule has 1 aromatic heterocycles. The van der Waals surface area contributed by atoms with Gasteiger partial charge in [0.2, 0.25) is 11.2 Å². The van der Waals surface area contributed by atoms with Crippen molar-refractivity contribution >= 4 is 34.8 Å². The van der Waals surface area contributed by atoms with E-state index in [0.29, 0.717) is 35.1 Å². The van der Waals surface area contributed by atoms with Crippen LogP contribution in [0.2, 0.25) is 0 Å². The molecule has 264 valence electrons. The quantitative estimate of drug-likeness (QED) is 0.228. The first-order chi connectivity index (χ1) is 22.6. The zero-order valence-corrected chi connectivity index (χ0v) is 30.0. The van der Waals surface area contributed by atoms with E-state index in [1.54, 1.807) is 47.6 Å². The van der Waals surface area contributed by atoms with Crippen LogP contribution in [0.4, 0.5) is 0 Å². The van der Waals surface area contributed by atoms with Gasteiger partial charge < -0.3 is 32.8 Å². The number of hydrogen-bond acceptors (Lipinski definition) is 12. The summed E-state index contributed by atoms with van der Waals surface area (Å²) in [6.07, 6.45) is -1.45. The molecular weight excluding hydrogens is 636 g/mol. The van der Waals surface area contributed by atoms with Gasteiger partial charge in [0.05, 0.1) is 28.9 Å². The summed E-state index contributed by atoms with van der Waals surface area (Å²) in [4.78, 5) is 68.5. The SMILES string of the molecule is COc1cc2c(c3oc(=O)c(C)c(C)c13)[C@@H](OC(=O)C13CCC(C)(C(=O)O1)C3(C)C)[C@@H](OC(=O)C13CCC(C)(C(=O)O1)C3(C)C)C(C)(C)O2. The van der Waals surface area contributed by atoms with Crippen molar-refractivity contribution in [1.29, 1.82) is 0 Å². The van der Waals surface area contributed by atoms with E-state index in [4.69, 9.17) is 32.8 Å². The molecule has 4 unspecified atom stereocenters. The zero-order valence-electron chi connectivity index (χ0n) is 30.0. The molecule has 2 aromatic rings. The molecule has 0 spiro atoms. The molecule has 4 fully saturated rings. The molecule has 3 aliphatic heterocycles. The van der Waals surface area contributed by atoms with E-state index in [-0.39, 0.29) is 29.7 Å². The molecule has 49 heavy (non-hydrogen) atoms. The highest BCUT2D eigenvalue weighted by Gasteiger charge is 2.78. The number of methoxy groups -OCH3 is 1. The number of hydrogen-bond donors (Lipinski definition) is 0. The Morgan fingerprint density at radius 2 is 1.24 bits per heavy atom. The van der Waals surface area contributed by atoms with Crippen molar-refractivity contribution < 1.29 is 52.0 Å². The van der Waals surface area contributed by atoms with Crippen LogP contribution in [0.5, 0.6) is 11.5 Å². The van der Waals surface area contributed by atoms with Crippen LogP contribution >= 0.6 is 0 Å². The van der Waals surface area contributed by atoms with Gasteiger partial charge in [-0.2, -0.15) is 0 Å². The molecule has 0 amide bonds. The van der Waals surface area contributed by atoms with E-state index in [0.717, 1.165) is 0 Å². The minimum absolute atomic E-state index is 0.0347. The Bertz CT molecular complexity index is 1950. The maximum atomic E-state index is 14.6. The Morgan fingerprint density at radius 3 is 1.69 bits per heavy atom. The predicted octanol–water partition coefficient (Wildman–Crippen LogP) is 5.33. The van der Waals surface area contributed by atoms with Crippen LogP contribution in [-0.2, 0) is 38.1 Å². The number of fused-ring (bicyclic) bond motifs is 7. The van der Waals surface area contributed by atoms with Gasteiger partial charge in [-0.05, 0) is 72.8 Å². The second-order valence-corrected chi connectivity index (χ2v) is 16.5. The summed E-state index contributed by atoms with van der Waals surface area (Å²) in [6, 6.07) is 1.62. The fourth-order valence-corrected chi connectivity index (χ4v) is 9.12. The van der Waals surface area contributed by atoms with Crippen molar-refractivity contribution in [3.05, 3.63) is 33.2 Å². The molecule has 2 saturated carbocycles. The van der Waals surface area contributed by atoms with Crippen LogP contribution in [0.25, 0.3) is 11.0 Å². The molecule has 6 atom stereocenters. The summed E-state index contributed by atoms with van der Waals surface area (Å²) in [5.74, 6) is -2.06. The van der Waals surface area contributed by atoms with Gasteiger partial charge in [-0.15, -0.1) is 0 Å². The monoisotopic (exact) mass is 680 g/mol. The lowest BCUT2D eigenvalue weighted by Crippen LogP contribution is -2.57. The van der Waals surface area contributed by atoms with Crippen molar-refractivity contribution in [2.75, 3.05) is 7.11 Å². The van der Waals surface area contributed by atoms with Gasteiger partial charge in [0.1, 0.15) is 17.1 Å². The number of esters is 4. The van der Waals surface area contributed by atoms with Crippen LogP contribution in [0.15, 0.2) is 15.3 Å². The Balaban J connectivity index is 1.41. The second kappa shape index (κ2) is 9.57. The van der Waals surface area contributed by atoms with Crippen molar-refractivity contribution in [3.8, 4) is 11.5 Å². The first-order valence-electron chi connectivity index (χ1n) is 16.8. The molecule has 12 heteroatoms. The van der Waals surface area contributed by atoms with E-state index in [1.807, 2.05) is 27.7 Å². The van der Waals surface area contributed by atoms with Gasteiger partial charge in [0.25, 0.3) is 0 Å². The van der Waals surface area contributed by atoms with Crippen LogP contribution in [-0.4, -0.2) is 53.9 Å². The summed E-state index contributed by atoms with van der Waals surface area (Å²) in [7, 11) is 1.48. The van der Waals surface area contributed by atoms with Gasteiger partial charge in [-0.3, -0.25) is 9.59 Å². The smallest absolute Gasteiger partial charge is 0.351 e. The fourth-order valence-electron chi connectivity index (χ4n) is 9.12. The average Bonchev–Trinajstić information content (AvgIpc) is 3.48. The lowest BCUT2D eigenvalue weighted by molar-refractivity contribution is -0.217. The number of rotatable bonds is 5.